The smallest absolute Gasteiger partial charge is 0.177 e. The topological polar surface area (TPSA) is 42.4 Å². The molecule has 0 aromatic carbocycles. The van der Waals surface area contributed by atoms with E-state index in [1.54, 1.807) is 13.3 Å². The molecule has 1 saturated heterocycles. The number of allylic oxidation sites excluding steroid dienone is 1. The van der Waals surface area contributed by atoms with E-state index in [0.717, 1.165) is 49.2 Å². The maximum atomic E-state index is 12.5. The summed E-state index contributed by atoms with van der Waals surface area (Å²) in [4.78, 5) is 18.8. The monoisotopic (exact) mass is 344 g/mol. The summed E-state index contributed by atoms with van der Waals surface area (Å²) in [6, 6.07) is 1.81. The number of carbonyl (C=O) groups is 1. The molecule has 1 aromatic rings. The largest absolute Gasteiger partial charge is 0.378 e. The van der Waals surface area contributed by atoms with Gasteiger partial charge in [0.25, 0.3) is 0 Å². The van der Waals surface area contributed by atoms with Gasteiger partial charge in [0.1, 0.15) is 5.15 Å². The molecule has 0 radical (unpaired) electrons. The van der Waals surface area contributed by atoms with E-state index in [1.165, 1.54) is 0 Å². The van der Waals surface area contributed by atoms with Crippen LogP contribution in [0.1, 0.15) is 37.3 Å². The molecule has 0 unspecified atom stereocenters. The lowest BCUT2D eigenvalue weighted by Gasteiger charge is -2.43. The van der Waals surface area contributed by atoms with Crippen LogP contribution in [0.15, 0.2) is 17.8 Å². The predicted molar refractivity (Wildman–Crippen MR) is 94.5 cm³/mol. The average Bonchev–Trinajstić information content (AvgIpc) is 2.61. The highest BCUT2D eigenvalue weighted by atomic mass is 35.5. The lowest BCUT2D eigenvalue weighted by Crippen LogP contribution is -2.45. The van der Waals surface area contributed by atoms with E-state index in [9.17, 15) is 4.79 Å². The van der Waals surface area contributed by atoms with Crippen LogP contribution in [0.25, 0.3) is 5.70 Å². The van der Waals surface area contributed by atoms with Gasteiger partial charge in [-0.2, -0.15) is 0 Å². The van der Waals surface area contributed by atoms with E-state index in [0.29, 0.717) is 10.7 Å². The SMILES string of the molecule is C#CC1=C(N2CCC(CC)(OC)CC2)c2cc(Cl)ncc2CC1=O. The summed E-state index contributed by atoms with van der Waals surface area (Å²) < 4.78 is 5.75. The van der Waals surface area contributed by atoms with Gasteiger partial charge in [-0.15, -0.1) is 6.42 Å². The van der Waals surface area contributed by atoms with Gasteiger partial charge in [0.2, 0.25) is 0 Å². The Labute approximate surface area is 147 Å². The van der Waals surface area contributed by atoms with Crippen molar-refractivity contribution in [2.24, 2.45) is 0 Å². The molecule has 3 rings (SSSR count). The van der Waals surface area contributed by atoms with Crippen LogP contribution in [0.4, 0.5) is 0 Å². The zero-order valence-electron chi connectivity index (χ0n) is 14.1. The highest BCUT2D eigenvalue weighted by Gasteiger charge is 2.36. The molecule has 1 fully saturated rings. The second kappa shape index (κ2) is 6.58. The van der Waals surface area contributed by atoms with Crippen LogP contribution in [-0.4, -0.2) is 41.5 Å². The fourth-order valence-corrected chi connectivity index (χ4v) is 3.82. The summed E-state index contributed by atoms with van der Waals surface area (Å²) >= 11 is 6.09. The Hall–Kier alpha value is -1.83. The van der Waals surface area contributed by atoms with Crippen molar-refractivity contribution in [2.75, 3.05) is 20.2 Å². The molecule has 2 heterocycles. The summed E-state index contributed by atoms with van der Waals surface area (Å²) in [5, 5.41) is 0.411. The van der Waals surface area contributed by atoms with Crippen LogP contribution in [0, 0.1) is 12.3 Å². The number of ketones is 1. The summed E-state index contributed by atoms with van der Waals surface area (Å²) in [5.41, 5.74) is 3.02. The number of pyridine rings is 1. The van der Waals surface area contributed by atoms with Gasteiger partial charge in [0.15, 0.2) is 5.78 Å². The van der Waals surface area contributed by atoms with Gasteiger partial charge in [-0.1, -0.05) is 24.4 Å². The van der Waals surface area contributed by atoms with Crippen LogP contribution in [-0.2, 0) is 16.0 Å². The van der Waals surface area contributed by atoms with Gasteiger partial charge in [-0.05, 0) is 30.9 Å². The molecule has 0 spiro atoms. The number of hydrogen-bond acceptors (Lipinski definition) is 4. The Bertz CT molecular complexity index is 734. The molecule has 2 aliphatic rings. The number of aromatic nitrogens is 1. The molecule has 126 valence electrons. The molecular formula is C19H21ClN2O2. The van der Waals surface area contributed by atoms with Crippen molar-refractivity contribution in [1.82, 2.24) is 9.88 Å². The molecule has 1 aliphatic carbocycles. The lowest BCUT2D eigenvalue weighted by molar-refractivity contribution is -0.114. The first kappa shape index (κ1) is 17.0. The number of fused-ring (bicyclic) bond motifs is 1. The van der Waals surface area contributed by atoms with Crippen molar-refractivity contribution >= 4 is 23.1 Å². The quantitative estimate of drug-likeness (QED) is 0.624. The zero-order chi connectivity index (χ0) is 17.3. The Morgan fingerprint density at radius 3 is 2.75 bits per heavy atom. The molecule has 0 atom stereocenters. The minimum absolute atomic E-state index is 0.0248. The van der Waals surface area contributed by atoms with Crippen LogP contribution in [0.5, 0.6) is 0 Å². The van der Waals surface area contributed by atoms with Gasteiger partial charge >= 0.3 is 0 Å². The highest BCUT2D eigenvalue weighted by Crippen LogP contribution is 2.37. The number of nitrogens with zero attached hydrogens (tertiary/aromatic N) is 2. The third-order valence-corrected chi connectivity index (χ3v) is 5.49. The molecule has 24 heavy (non-hydrogen) atoms. The zero-order valence-corrected chi connectivity index (χ0v) is 14.8. The molecule has 1 aliphatic heterocycles. The highest BCUT2D eigenvalue weighted by molar-refractivity contribution is 6.29. The Morgan fingerprint density at radius 2 is 2.17 bits per heavy atom. The van der Waals surface area contributed by atoms with Crippen molar-refractivity contribution in [3.05, 3.63) is 34.1 Å². The van der Waals surface area contributed by atoms with Gasteiger partial charge in [-0.3, -0.25) is 4.79 Å². The summed E-state index contributed by atoms with van der Waals surface area (Å²) in [6.07, 6.45) is 10.4. The molecule has 1 aromatic heterocycles. The molecular weight excluding hydrogens is 324 g/mol. The molecule has 0 bridgehead atoms. The van der Waals surface area contributed by atoms with E-state index < -0.39 is 0 Å². The first-order chi connectivity index (χ1) is 11.5. The molecule has 0 saturated carbocycles. The number of methoxy groups -OCH3 is 1. The third kappa shape index (κ3) is 2.83. The predicted octanol–water partition coefficient (Wildman–Crippen LogP) is 3.10. The fraction of sp³-hybridized carbons (Fsp3) is 0.474. The molecule has 4 nitrogen and oxygen atoms in total. The van der Waals surface area contributed by atoms with Gasteiger partial charge in [0, 0.05) is 38.4 Å². The lowest BCUT2D eigenvalue weighted by atomic mass is 9.85. The summed E-state index contributed by atoms with van der Waals surface area (Å²) in [6.45, 7) is 3.75. The van der Waals surface area contributed by atoms with E-state index in [1.807, 2.05) is 6.07 Å². The number of halogens is 1. The summed E-state index contributed by atoms with van der Waals surface area (Å²) in [7, 11) is 1.77. The third-order valence-electron chi connectivity index (χ3n) is 5.29. The van der Waals surface area contributed by atoms with Crippen LogP contribution in [0.3, 0.4) is 0 Å². The molecule has 5 heteroatoms. The number of Topliss-reactive ketones (excluding diaryl/α,β-unsaturated/α-hetero) is 1. The van der Waals surface area contributed by atoms with Crippen molar-refractivity contribution in [1.29, 1.82) is 0 Å². The first-order valence-electron chi connectivity index (χ1n) is 8.22. The number of terminal acetylenes is 1. The second-order valence-corrected chi connectivity index (χ2v) is 6.75. The molecule has 0 N–H and O–H groups in total. The second-order valence-electron chi connectivity index (χ2n) is 6.36. The van der Waals surface area contributed by atoms with Crippen LogP contribution >= 0.6 is 11.6 Å². The average molecular weight is 345 g/mol. The number of rotatable bonds is 3. The number of carbonyl (C=O) groups excluding carboxylic acids is 1. The maximum absolute atomic E-state index is 12.5. The van der Waals surface area contributed by atoms with Crippen molar-refractivity contribution in [3.63, 3.8) is 0 Å². The van der Waals surface area contributed by atoms with Gasteiger partial charge in [0.05, 0.1) is 16.9 Å². The minimum atomic E-state index is -0.0786. The number of hydrogen-bond donors (Lipinski definition) is 0. The summed E-state index contributed by atoms with van der Waals surface area (Å²) in [5.74, 6) is 2.58. The van der Waals surface area contributed by atoms with Crippen LogP contribution in [0.2, 0.25) is 5.15 Å². The minimum Gasteiger partial charge on any atom is -0.378 e. The number of piperidine rings is 1. The van der Waals surface area contributed by atoms with Gasteiger partial charge < -0.3 is 9.64 Å². The van der Waals surface area contributed by atoms with Gasteiger partial charge in [-0.25, -0.2) is 4.98 Å². The fourth-order valence-electron chi connectivity index (χ4n) is 3.66. The van der Waals surface area contributed by atoms with E-state index in [4.69, 9.17) is 22.8 Å². The van der Waals surface area contributed by atoms with Crippen molar-refractivity contribution < 1.29 is 9.53 Å². The first-order valence-corrected chi connectivity index (χ1v) is 8.60. The standard InChI is InChI=1S/C19H21ClN2O2/c1-4-14-16(23)10-13-12-21-17(20)11-15(13)18(14)22-8-6-19(5-2,24-3)7-9-22/h1,11-12H,5-10H2,2-3H3. The maximum Gasteiger partial charge on any atom is 0.177 e. The molecule has 0 amide bonds. The van der Waals surface area contributed by atoms with Crippen LogP contribution < -0.4 is 0 Å². The van der Waals surface area contributed by atoms with Crippen molar-refractivity contribution in [2.45, 2.75) is 38.2 Å². The number of likely N-dealkylation sites (tertiary alicyclic amines) is 1. The van der Waals surface area contributed by atoms with E-state index in [-0.39, 0.29) is 17.8 Å². The normalized spacial score (nSPS) is 19.9. The van der Waals surface area contributed by atoms with E-state index >= 15 is 0 Å². The van der Waals surface area contributed by atoms with E-state index in [2.05, 4.69) is 22.7 Å². The number of ether oxygens (including phenoxy) is 1. The Morgan fingerprint density at radius 1 is 1.46 bits per heavy atom. The van der Waals surface area contributed by atoms with Crippen molar-refractivity contribution in [3.8, 4) is 12.3 Å². The Kier molecular flexibility index (Phi) is 4.67. The Balaban J connectivity index is 2.00.